The summed E-state index contributed by atoms with van der Waals surface area (Å²) in [7, 11) is 1.63. The highest BCUT2D eigenvalue weighted by Crippen LogP contribution is 2.30. The molecule has 2 unspecified atom stereocenters. The fourth-order valence-electron chi connectivity index (χ4n) is 2.05. The first kappa shape index (κ1) is 15.8. The van der Waals surface area contributed by atoms with E-state index >= 15 is 0 Å². The molecule has 1 aromatic rings. The predicted molar refractivity (Wildman–Crippen MR) is 77.9 cm³/mol. The minimum Gasteiger partial charge on any atom is -0.497 e. The van der Waals surface area contributed by atoms with E-state index in [1.807, 2.05) is 18.2 Å². The van der Waals surface area contributed by atoms with Gasteiger partial charge in [0.15, 0.2) is 0 Å². The van der Waals surface area contributed by atoms with Gasteiger partial charge in [-0.3, -0.25) is 0 Å². The molecule has 2 atom stereocenters. The minimum atomic E-state index is -0.538. The Kier molecular flexibility index (Phi) is 6.71. The van der Waals surface area contributed by atoms with Gasteiger partial charge in [0.2, 0.25) is 0 Å². The lowest BCUT2D eigenvalue weighted by atomic mass is 10.1. The molecule has 3 heteroatoms. The fourth-order valence-corrected chi connectivity index (χ4v) is 2.05. The van der Waals surface area contributed by atoms with E-state index in [1.54, 1.807) is 14.0 Å². The van der Waals surface area contributed by atoms with Gasteiger partial charge < -0.3 is 14.6 Å². The van der Waals surface area contributed by atoms with Crippen molar-refractivity contribution in [3.63, 3.8) is 0 Å². The molecule has 0 spiro atoms. The van der Waals surface area contributed by atoms with Crippen LogP contribution in [-0.4, -0.2) is 18.3 Å². The number of aliphatic hydroxyl groups is 1. The van der Waals surface area contributed by atoms with Gasteiger partial charge in [0, 0.05) is 11.6 Å². The van der Waals surface area contributed by atoms with Crippen molar-refractivity contribution in [2.24, 2.45) is 0 Å². The number of hydrogen-bond donors (Lipinski definition) is 1. The molecule has 0 aromatic heterocycles. The average molecular weight is 266 g/mol. The Balaban J connectivity index is 2.73. The second kappa shape index (κ2) is 8.05. The Morgan fingerprint density at radius 3 is 2.53 bits per heavy atom. The minimum absolute atomic E-state index is 0.149. The van der Waals surface area contributed by atoms with Crippen LogP contribution in [-0.2, 0) is 0 Å². The molecule has 19 heavy (non-hydrogen) atoms. The van der Waals surface area contributed by atoms with Crippen molar-refractivity contribution in [3.05, 3.63) is 23.8 Å². The summed E-state index contributed by atoms with van der Waals surface area (Å²) in [6.07, 6.45) is 4.26. The highest BCUT2D eigenvalue weighted by atomic mass is 16.5. The molecule has 0 saturated carbocycles. The van der Waals surface area contributed by atoms with E-state index in [0.717, 1.165) is 23.5 Å². The van der Waals surface area contributed by atoms with E-state index in [4.69, 9.17) is 9.47 Å². The summed E-state index contributed by atoms with van der Waals surface area (Å²) in [6, 6.07) is 5.55. The van der Waals surface area contributed by atoms with Crippen LogP contribution in [0.15, 0.2) is 18.2 Å². The molecular weight excluding hydrogens is 240 g/mol. The number of aliphatic hydroxyl groups excluding tert-OH is 1. The molecule has 0 saturated heterocycles. The summed E-state index contributed by atoms with van der Waals surface area (Å²) >= 11 is 0. The Hall–Kier alpha value is -1.22. The molecule has 0 heterocycles. The lowest BCUT2D eigenvalue weighted by Crippen LogP contribution is -2.13. The van der Waals surface area contributed by atoms with Gasteiger partial charge in [-0.2, -0.15) is 0 Å². The quantitative estimate of drug-likeness (QED) is 0.720. The molecule has 1 aromatic carbocycles. The summed E-state index contributed by atoms with van der Waals surface area (Å²) in [5.74, 6) is 1.47. The number of rotatable bonds is 8. The van der Waals surface area contributed by atoms with Crippen molar-refractivity contribution in [1.82, 2.24) is 0 Å². The maximum Gasteiger partial charge on any atom is 0.129 e. The molecule has 108 valence electrons. The lowest BCUT2D eigenvalue weighted by Gasteiger charge is -2.19. The van der Waals surface area contributed by atoms with Crippen molar-refractivity contribution >= 4 is 0 Å². The summed E-state index contributed by atoms with van der Waals surface area (Å²) in [6.45, 7) is 6.01. The van der Waals surface area contributed by atoms with Crippen molar-refractivity contribution in [1.29, 1.82) is 0 Å². The number of methoxy groups -OCH3 is 1. The van der Waals surface area contributed by atoms with Crippen molar-refractivity contribution in [3.8, 4) is 11.5 Å². The Labute approximate surface area is 116 Å². The lowest BCUT2D eigenvalue weighted by molar-refractivity contribution is 0.172. The average Bonchev–Trinajstić information content (AvgIpc) is 2.38. The van der Waals surface area contributed by atoms with Crippen LogP contribution >= 0.6 is 0 Å². The molecule has 0 bridgehead atoms. The first-order valence-electron chi connectivity index (χ1n) is 7.11. The van der Waals surface area contributed by atoms with E-state index in [9.17, 15) is 5.11 Å². The highest BCUT2D eigenvalue weighted by Gasteiger charge is 2.13. The smallest absolute Gasteiger partial charge is 0.129 e. The second-order valence-corrected chi connectivity index (χ2v) is 5.00. The maximum absolute atomic E-state index is 9.77. The number of ether oxygens (including phenoxy) is 2. The van der Waals surface area contributed by atoms with Gasteiger partial charge in [-0.05, 0) is 38.8 Å². The van der Waals surface area contributed by atoms with E-state index in [0.29, 0.717) is 0 Å². The molecular formula is C16H26O3. The van der Waals surface area contributed by atoms with Crippen LogP contribution in [0.25, 0.3) is 0 Å². The van der Waals surface area contributed by atoms with Gasteiger partial charge in [-0.15, -0.1) is 0 Å². The zero-order valence-corrected chi connectivity index (χ0v) is 12.5. The van der Waals surface area contributed by atoms with Crippen molar-refractivity contribution < 1.29 is 14.6 Å². The summed E-state index contributed by atoms with van der Waals surface area (Å²) in [4.78, 5) is 0. The monoisotopic (exact) mass is 266 g/mol. The second-order valence-electron chi connectivity index (χ2n) is 5.00. The van der Waals surface area contributed by atoms with Crippen LogP contribution in [0.2, 0.25) is 0 Å². The molecule has 0 fully saturated rings. The van der Waals surface area contributed by atoms with E-state index in [-0.39, 0.29) is 6.10 Å². The number of benzene rings is 1. The van der Waals surface area contributed by atoms with Crippen LogP contribution in [0.1, 0.15) is 58.1 Å². The SMILES string of the molecule is CCCCCC(C)Oc1cc(OC)ccc1C(C)O. The molecule has 0 amide bonds. The van der Waals surface area contributed by atoms with Crippen LogP contribution in [0, 0.1) is 0 Å². The zero-order valence-electron chi connectivity index (χ0n) is 12.5. The zero-order chi connectivity index (χ0) is 14.3. The fraction of sp³-hybridized carbons (Fsp3) is 0.625. The number of hydrogen-bond acceptors (Lipinski definition) is 3. The highest BCUT2D eigenvalue weighted by molar-refractivity contribution is 5.41. The van der Waals surface area contributed by atoms with Gasteiger partial charge in [-0.1, -0.05) is 19.8 Å². The van der Waals surface area contributed by atoms with Gasteiger partial charge in [0.1, 0.15) is 11.5 Å². The predicted octanol–water partition coefficient (Wildman–Crippen LogP) is 4.10. The molecule has 0 radical (unpaired) electrons. The van der Waals surface area contributed by atoms with Crippen molar-refractivity contribution in [2.45, 2.75) is 58.7 Å². The van der Waals surface area contributed by atoms with Crippen LogP contribution < -0.4 is 9.47 Å². The van der Waals surface area contributed by atoms with Crippen LogP contribution in [0.3, 0.4) is 0 Å². The Morgan fingerprint density at radius 1 is 1.21 bits per heavy atom. The normalized spacial score (nSPS) is 13.9. The summed E-state index contributed by atoms with van der Waals surface area (Å²) in [5, 5.41) is 9.77. The molecule has 1 N–H and O–H groups in total. The van der Waals surface area contributed by atoms with Crippen molar-refractivity contribution in [2.75, 3.05) is 7.11 Å². The first-order valence-corrected chi connectivity index (χ1v) is 7.11. The van der Waals surface area contributed by atoms with E-state index in [2.05, 4.69) is 13.8 Å². The Bertz CT molecular complexity index is 374. The van der Waals surface area contributed by atoms with Crippen LogP contribution in [0.5, 0.6) is 11.5 Å². The van der Waals surface area contributed by atoms with Crippen LogP contribution in [0.4, 0.5) is 0 Å². The molecule has 0 aliphatic heterocycles. The topological polar surface area (TPSA) is 38.7 Å². The third kappa shape index (κ3) is 5.11. The summed E-state index contributed by atoms with van der Waals surface area (Å²) < 4.78 is 11.2. The van der Waals surface area contributed by atoms with Gasteiger partial charge in [-0.25, -0.2) is 0 Å². The molecule has 0 aliphatic rings. The van der Waals surface area contributed by atoms with Gasteiger partial charge >= 0.3 is 0 Å². The van der Waals surface area contributed by atoms with Gasteiger partial charge in [0.05, 0.1) is 19.3 Å². The van der Waals surface area contributed by atoms with E-state index < -0.39 is 6.10 Å². The largest absolute Gasteiger partial charge is 0.497 e. The third-order valence-corrected chi connectivity index (χ3v) is 3.21. The summed E-state index contributed by atoms with van der Waals surface area (Å²) in [5.41, 5.74) is 0.808. The van der Waals surface area contributed by atoms with E-state index in [1.165, 1.54) is 19.3 Å². The Morgan fingerprint density at radius 2 is 1.95 bits per heavy atom. The molecule has 0 aliphatic carbocycles. The third-order valence-electron chi connectivity index (χ3n) is 3.21. The number of unbranched alkanes of at least 4 members (excludes halogenated alkanes) is 2. The molecule has 1 rings (SSSR count). The molecule has 3 nitrogen and oxygen atoms in total. The van der Waals surface area contributed by atoms with Gasteiger partial charge in [0.25, 0.3) is 0 Å². The first-order chi connectivity index (χ1) is 9.08. The maximum atomic E-state index is 9.77. The standard InChI is InChI=1S/C16H26O3/c1-5-6-7-8-12(2)19-16-11-14(18-4)9-10-15(16)13(3)17/h9-13,17H,5-8H2,1-4H3.